The number of anilines is 1. The topological polar surface area (TPSA) is 62.7 Å². The largest absolute Gasteiger partial charge is 0.387 e. The molecule has 1 fully saturated rings. The average Bonchev–Trinajstić information content (AvgIpc) is 2.86. The summed E-state index contributed by atoms with van der Waals surface area (Å²) in [5, 5.41) is 10.2. The van der Waals surface area contributed by atoms with Crippen LogP contribution in [0.15, 0.2) is 29.4 Å². The van der Waals surface area contributed by atoms with Gasteiger partial charge in [0.15, 0.2) is 5.60 Å². The second-order valence-corrected chi connectivity index (χ2v) is 5.59. The van der Waals surface area contributed by atoms with Crippen molar-refractivity contribution in [2.75, 3.05) is 18.4 Å². The number of hydrogen-bond acceptors (Lipinski definition) is 4. The smallest absolute Gasteiger partial charge is 0.273 e. The van der Waals surface area contributed by atoms with Crippen LogP contribution in [0.1, 0.15) is 24.8 Å². The summed E-state index contributed by atoms with van der Waals surface area (Å²) in [4.78, 5) is 17.7. The summed E-state index contributed by atoms with van der Waals surface area (Å²) in [6, 6.07) is 7.72. The number of carbonyl (C=O) groups is 1. The normalized spacial score (nSPS) is 25.1. The minimum Gasteiger partial charge on any atom is -0.387 e. The van der Waals surface area contributed by atoms with E-state index >= 15 is 0 Å². The van der Waals surface area contributed by atoms with E-state index in [4.69, 9.17) is 4.84 Å². The third-order valence-corrected chi connectivity index (χ3v) is 3.84. The van der Waals surface area contributed by atoms with Crippen LogP contribution >= 0.6 is 0 Å². The molecule has 2 aliphatic heterocycles. The molecule has 2 heterocycles. The Morgan fingerprint density at radius 2 is 2.20 bits per heavy atom. The van der Waals surface area contributed by atoms with Gasteiger partial charge in [-0.3, -0.25) is 4.79 Å². The van der Waals surface area contributed by atoms with E-state index < -0.39 is 0 Å². The number of piperidine rings is 1. The highest BCUT2D eigenvalue weighted by Gasteiger charge is 2.42. The number of aryl methyl sites for hydroxylation is 1. The Labute approximate surface area is 118 Å². The molecule has 0 bridgehead atoms. The van der Waals surface area contributed by atoms with Crippen molar-refractivity contribution in [3.8, 4) is 0 Å². The molecule has 5 nitrogen and oxygen atoms in total. The number of oxime groups is 1. The molecule has 2 N–H and O–H groups in total. The van der Waals surface area contributed by atoms with E-state index in [1.165, 1.54) is 0 Å². The minimum atomic E-state index is -0.307. The number of benzene rings is 1. The maximum absolute atomic E-state index is 12.2. The lowest BCUT2D eigenvalue weighted by Crippen LogP contribution is -2.46. The van der Waals surface area contributed by atoms with Crippen LogP contribution in [0.4, 0.5) is 5.69 Å². The quantitative estimate of drug-likeness (QED) is 0.864. The molecule has 1 atom stereocenters. The number of hydrogen-bond donors (Lipinski definition) is 2. The molecule has 0 aliphatic carbocycles. The van der Waals surface area contributed by atoms with E-state index in [0.29, 0.717) is 12.1 Å². The molecule has 20 heavy (non-hydrogen) atoms. The SMILES string of the molecule is Cc1ccc(NC(=O)C2=NO[C@@]3(CCCNC3)C2)cc1. The van der Waals surface area contributed by atoms with E-state index in [0.717, 1.165) is 37.2 Å². The molecule has 1 spiro atoms. The van der Waals surface area contributed by atoms with Gasteiger partial charge in [0.1, 0.15) is 5.71 Å². The maximum Gasteiger partial charge on any atom is 0.273 e. The lowest BCUT2D eigenvalue weighted by Gasteiger charge is -2.30. The van der Waals surface area contributed by atoms with E-state index in [1.54, 1.807) is 0 Å². The predicted molar refractivity (Wildman–Crippen MR) is 77.8 cm³/mol. The van der Waals surface area contributed by atoms with Crippen molar-refractivity contribution in [2.24, 2.45) is 5.16 Å². The summed E-state index contributed by atoms with van der Waals surface area (Å²) in [5.74, 6) is -0.170. The van der Waals surface area contributed by atoms with E-state index in [-0.39, 0.29) is 11.5 Å². The Hall–Kier alpha value is -1.88. The van der Waals surface area contributed by atoms with Crippen molar-refractivity contribution >= 4 is 17.3 Å². The Morgan fingerprint density at radius 1 is 1.40 bits per heavy atom. The highest BCUT2D eigenvalue weighted by Crippen LogP contribution is 2.30. The summed E-state index contributed by atoms with van der Waals surface area (Å²) in [6.07, 6.45) is 2.59. The van der Waals surface area contributed by atoms with Crippen LogP contribution in [0.3, 0.4) is 0 Å². The average molecular weight is 273 g/mol. The van der Waals surface area contributed by atoms with Gasteiger partial charge in [0.05, 0.1) is 0 Å². The molecule has 1 aromatic rings. The molecule has 1 saturated heterocycles. The van der Waals surface area contributed by atoms with Gasteiger partial charge in [-0.2, -0.15) is 0 Å². The second-order valence-electron chi connectivity index (χ2n) is 5.59. The van der Waals surface area contributed by atoms with Crippen LogP contribution in [0, 0.1) is 6.92 Å². The first-order valence-electron chi connectivity index (χ1n) is 7.01. The molecule has 0 radical (unpaired) electrons. The molecular weight excluding hydrogens is 254 g/mol. The molecule has 0 aromatic heterocycles. The fourth-order valence-corrected chi connectivity index (χ4v) is 2.65. The first-order valence-corrected chi connectivity index (χ1v) is 7.01. The van der Waals surface area contributed by atoms with Gasteiger partial charge in [0, 0.05) is 18.7 Å². The summed E-state index contributed by atoms with van der Waals surface area (Å²) in [6.45, 7) is 3.79. The van der Waals surface area contributed by atoms with Crippen LogP contribution in [0.2, 0.25) is 0 Å². The lowest BCUT2D eigenvalue weighted by atomic mass is 9.89. The summed E-state index contributed by atoms with van der Waals surface area (Å²) in [5.41, 5.74) is 2.12. The van der Waals surface area contributed by atoms with Crippen molar-refractivity contribution in [1.82, 2.24) is 5.32 Å². The highest BCUT2D eigenvalue weighted by atomic mass is 16.7. The maximum atomic E-state index is 12.2. The zero-order valence-corrected chi connectivity index (χ0v) is 11.6. The van der Waals surface area contributed by atoms with Crippen molar-refractivity contribution < 1.29 is 9.63 Å². The molecule has 3 rings (SSSR count). The number of rotatable bonds is 2. The number of nitrogens with zero attached hydrogens (tertiary/aromatic N) is 1. The number of carbonyl (C=O) groups excluding carboxylic acids is 1. The third-order valence-electron chi connectivity index (χ3n) is 3.84. The third kappa shape index (κ3) is 2.67. The zero-order valence-electron chi connectivity index (χ0n) is 11.6. The fourth-order valence-electron chi connectivity index (χ4n) is 2.65. The van der Waals surface area contributed by atoms with Crippen molar-refractivity contribution in [1.29, 1.82) is 0 Å². The van der Waals surface area contributed by atoms with Crippen molar-refractivity contribution in [3.63, 3.8) is 0 Å². The first kappa shape index (κ1) is 13.1. The standard InChI is InChI=1S/C15H19N3O2/c1-11-3-5-12(6-4-11)17-14(19)13-9-15(20-18-13)7-2-8-16-10-15/h3-6,16H,2,7-10H2,1H3,(H,17,19)/t15-/m0/s1. The lowest BCUT2D eigenvalue weighted by molar-refractivity contribution is -0.110. The van der Waals surface area contributed by atoms with Gasteiger partial charge < -0.3 is 15.5 Å². The van der Waals surface area contributed by atoms with Crippen LogP contribution in [0.25, 0.3) is 0 Å². The molecule has 106 valence electrons. The second kappa shape index (κ2) is 5.25. The van der Waals surface area contributed by atoms with Gasteiger partial charge >= 0.3 is 0 Å². The Morgan fingerprint density at radius 3 is 2.90 bits per heavy atom. The van der Waals surface area contributed by atoms with Crippen LogP contribution in [-0.2, 0) is 9.63 Å². The van der Waals surface area contributed by atoms with E-state index in [9.17, 15) is 4.79 Å². The van der Waals surface area contributed by atoms with Crippen molar-refractivity contribution in [3.05, 3.63) is 29.8 Å². The molecule has 1 aromatic carbocycles. The molecule has 5 heteroatoms. The summed E-state index contributed by atoms with van der Waals surface area (Å²) in [7, 11) is 0. The van der Waals surface area contributed by atoms with Gasteiger partial charge in [-0.15, -0.1) is 0 Å². The molecule has 2 aliphatic rings. The monoisotopic (exact) mass is 273 g/mol. The Bertz CT molecular complexity index is 531. The van der Waals surface area contributed by atoms with Crippen LogP contribution < -0.4 is 10.6 Å². The molecule has 0 saturated carbocycles. The van der Waals surface area contributed by atoms with Crippen molar-refractivity contribution in [2.45, 2.75) is 31.8 Å². The van der Waals surface area contributed by atoms with Crippen LogP contribution in [-0.4, -0.2) is 30.3 Å². The predicted octanol–water partition coefficient (Wildman–Crippen LogP) is 1.83. The minimum absolute atomic E-state index is 0.170. The van der Waals surface area contributed by atoms with Gasteiger partial charge in [-0.1, -0.05) is 22.9 Å². The van der Waals surface area contributed by atoms with E-state index in [1.807, 2.05) is 31.2 Å². The summed E-state index contributed by atoms with van der Waals surface area (Å²) >= 11 is 0. The highest BCUT2D eigenvalue weighted by molar-refractivity contribution is 6.43. The summed E-state index contributed by atoms with van der Waals surface area (Å²) < 4.78 is 0. The molecule has 1 amide bonds. The molecular formula is C15H19N3O2. The van der Waals surface area contributed by atoms with Crippen LogP contribution in [0.5, 0.6) is 0 Å². The number of amides is 1. The fraction of sp³-hybridized carbons (Fsp3) is 0.467. The number of nitrogens with one attached hydrogen (secondary N) is 2. The first-order chi connectivity index (χ1) is 9.67. The van der Waals surface area contributed by atoms with Gasteiger partial charge in [0.2, 0.25) is 0 Å². The molecule has 0 unspecified atom stereocenters. The Kier molecular flexibility index (Phi) is 3.44. The van der Waals surface area contributed by atoms with Gasteiger partial charge in [-0.25, -0.2) is 0 Å². The van der Waals surface area contributed by atoms with Gasteiger partial charge in [-0.05, 0) is 38.4 Å². The zero-order chi connectivity index (χ0) is 14.0. The Balaban J connectivity index is 1.62. The van der Waals surface area contributed by atoms with E-state index in [2.05, 4.69) is 15.8 Å². The van der Waals surface area contributed by atoms with Gasteiger partial charge in [0.25, 0.3) is 5.91 Å².